The lowest BCUT2D eigenvalue weighted by atomic mass is 9.94. The molecular weight excluding hydrogens is 396 g/mol. The summed E-state index contributed by atoms with van der Waals surface area (Å²) in [5, 5.41) is 1.63. The van der Waals surface area contributed by atoms with Crippen LogP contribution in [0.2, 0.25) is 0 Å². The first-order valence-corrected chi connectivity index (χ1v) is 11.5. The van der Waals surface area contributed by atoms with E-state index < -0.39 is 0 Å². The number of anilines is 1. The maximum Gasteiger partial charge on any atom is 0.160 e. The number of amidine groups is 1. The van der Waals surface area contributed by atoms with E-state index in [1.54, 1.807) is 14.2 Å². The summed E-state index contributed by atoms with van der Waals surface area (Å²) in [6.45, 7) is 5.35. The van der Waals surface area contributed by atoms with Crippen molar-refractivity contribution in [3.05, 3.63) is 47.8 Å². The van der Waals surface area contributed by atoms with Gasteiger partial charge in [-0.2, -0.15) is 0 Å². The molecular formula is C23H28N4O2S. The van der Waals surface area contributed by atoms with Crippen molar-refractivity contribution in [3.63, 3.8) is 0 Å². The molecule has 2 fully saturated rings. The number of ether oxygens (including phenoxy) is 2. The molecule has 0 amide bonds. The molecule has 6 nitrogen and oxygen atoms in total. The summed E-state index contributed by atoms with van der Waals surface area (Å²) in [6, 6.07) is 10.4. The molecule has 1 aromatic carbocycles. The molecule has 0 spiro atoms. The van der Waals surface area contributed by atoms with Crippen LogP contribution in [-0.2, 0) is 0 Å². The number of thioether (sulfide) groups is 1. The number of rotatable bonds is 5. The van der Waals surface area contributed by atoms with Crippen LogP contribution in [0.5, 0.6) is 11.5 Å². The zero-order valence-corrected chi connectivity index (χ0v) is 18.6. The van der Waals surface area contributed by atoms with E-state index in [-0.39, 0.29) is 12.1 Å². The molecule has 3 atom stereocenters. The SMILES string of the molecule is COc1cc(N2CCCC2)c(OC)cc1[C@H]1[C@@H](c2ccccn2)N=C2S[C@@H](C)CN21. The quantitative estimate of drug-likeness (QED) is 0.714. The summed E-state index contributed by atoms with van der Waals surface area (Å²) in [6.07, 6.45) is 4.29. The van der Waals surface area contributed by atoms with Gasteiger partial charge in [-0.05, 0) is 31.0 Å². The highest BCUT2D eigenvalue weighted by Crippen LogP contribution is 2.51. The molecule has 0 bridgehead atoms. The first-order chi connectivity index (χ1) is 14.7. The minimum absolute atomic E-state index is 0.0452. The lowest BCUT2D eigenvalue weighted by Gasteiger charge is -2.30. The summed E-state index contributed by atoms with van der Waals surface area (Å²) in [5.41, 5.74) is 3.22. The second kappa shape index (κ2) is 8.02. The maximum absolute atomic E-state index is 5.93. The summed E-state index contributed by atoms with van der Waals surface area (Å²) >= 11 is 1.85. The van der Waals surface area contributed by atoms with Gasteiger partial charge in [0.1, 0.15) is 17.5 Å². The Morgan fingerprint density at radius 1 is 1.07 bits per heavy atom. The number of pyridine rings is 1. The Hall–Kier alpha value is -2.41. The van der Waals surface area contributed by atoms with Gasteiger partial charge in [-0.3, -0.25) is 9.98 Å². The van der Waals surface area contributed by atoms with E-state index in [1.807, 2.05) is 30.1 Å². The van der Waals surface area contributed by atoms with E-state index in [4.69, 9.17) is 14.5 Å². The van der Waals surface area contributed by atoms with Gasteiger partial charge in [0.05, 0.1) is 31.6 Å². The summed E-state index contributed by atoms with van der Waals surface area (Å²) in [7, 11) is 3.51. The van der Waals surface area contributed by atoms with Gasteiger partial charge in [-0.25, -0.2) is 0 Å². The average molecular weight is 425 g/mol. The molecule has 4 heterocycles. The van der Waals surface area contributed by atoms with Gasteiger partial charge in [-0.15, -0.1) is 0 Å². The number of nitrogens with zero attached hydrogens (tertiary/aromatic N) is 4. The minimum atomic E-state index is -0.0579. The smallest absolute Gasteiger partial charge is 0.160 e. The number of aromatic nitrogens is 1. The largest absolute Gasteiger partial charge is 0.496 e. The number of hydrogen-bond donors (Lipinski definition) is 0. The summed E-state index contributed by atoms with van der Waals surface area (Å²) < 4.78 is 11.8. The predicted octanol–water partition coefficient (Wildman–Crippen LogP) is 4.29. The Balaban J connectivity index is 1.61. The Labute approximate surface area is 182 Å². The van der Waals surface area contributed by atoms with Crippen LogP contribution < -0.4 is 14.4 Å². The van der Waals surface area contributed by atoms with E-state index in [1.165, 1.54) is 12.8 Å². The Kier molecular flexibility index (Phi) is 5.23. The van der Waals surface area contributed by atoms with Crippen molar-refractivity contribution in [2.45, 2.75) is 37.1 Å². The van der Waals surface area contributed by atoms with E-state index in [0.717, 1.165) is 53.2 Å². The van der Waals surface area contributed by atoms with Crippen molar-refractivity contribution in [1.29, 1.82) is 0 Å². The molecule has 2 saturated heterocycles. The number of benzene rings is 1. The molecule has 0 unspecified atom stereocenters. The number of aliphatic imine (C=N–C) groups is 1. The Morgan fingerprint density at radius 2 is 1.87 bits per heavy atom. The zero-order chi connectivity index (χ0) is 20.7. The van der Waals surface area contributed by atoms with Crippen LogP contribution >= 0.6 is 11.8 Å². The maximum atomic E-state index is 5.93. The van der Waals surface area contributed by atoms with Crippen molar-refractivity contribution in [2.75, 3.05) is 38.8 Å². The van der Waals surface area contributed by atoms with Crippen LogP contribution in [0.3, 0.4) is 0 Å². The van der Waals surface area contributed by atoms with Crippen molar-refractivity contribution >= 4 is 22.6 Å². The number of hydrogen-bond acceptors (Lipinski definition) is 7. The van der Waals surface area contributed by atoms with E-state index in [2.05, 4.69) is 39.9 Å². The highest BCUT2D eigenvalue weighted by atomic mass is 32.2. The third-order valence-corrected chi connectivity index (χ3v) is 7.28. The average Bonchev–Trinajstić information content (AvgIpc) is 3.49. The highest BCUT2D eigenvalue weighted by Gasteiger charge is 2.45. The fourth-order valence-electron chi connectivity index (χ4n) is 4.80. The van der Waals surface area contributed by atoms with Crippen molar-refractivity contribution in [1.82, 2.24) is 9.88 Å². The van der Waals surface area contributed by atoms with Crippen LogP contribution in [0, 0.1) is 0 Å². The third kappa shape index (κ3) is 3.29. The van der Waals surface area contributed by atoms with Crippen LogP contribution in [0.1, 0.15) is 43.1 Å². The second-order valence-electron chi connectivity index (χ2n) is 8.10. The standard InChI is InChI=1S/C23H28N4O2S/c1-15-14-27-22(21(25-23(27)30-15)17-8-4-5-9-24-17)16-12-20(29-3)18(13-19(16)28-2)26-10-6-7-11-26/h4-5,8-9,12-13,15,21-22H,6-7,10-11,14H2,1-3H3/t15-,21+,22-/m0/s1. The van der Waals surface area contributed by atoms with Crippen molar-refractivity contribution < 1.29 is 9.47 Å². The second-order valence-corrected chi connectivity index (χ2v) is 9.50. The molecule has 0 saturated carbocycles. The molecule has 2 aromatic rings. The Bertz CT molecular complexity index is 946. The minimum Gasteiger partial charge on any atom is -0.496 e. The monoisotopic (exact) mass is 424 g/mol. The lowest BCUT2D eigenvalue weighted by molar-refractivity contribution is 0.306. The van der Waals surface area contributed by atoms with Crippen LogP contribution in [-0.4, -0.2) is 54.2 Å². The predicted molar refractivity (Wildman–Crippen MR) is 122 cm³/mol. The van der Waals surface area contributed by atoms with Gasteiger partial charge in [0.15, 0.2) is 5.17 Å². The highest BCUT2D eigenvalue weighted by molar-refractivity contribution is 8.14. The molecule has 0 aliphatic carbocycles. The van der Waals surface area contributed by atoms with Gasteiger partial charge < -0.3 is 19.3 Å². The fourth-order valence-corrected chi connectivity index (χ4v) is 5.89. The normalized spacial score (nSPS) is 25.4. The van der Waals surface area contributed by atoms with Gasteiger partial charge in [0, 0.05) is 42.7 Å². The molecule has 5 rings (SSSR count). The van der Waals surface area contributed by atoms with Gasteiger partial charge in [0.2, 0.25) is 0 Å². The number of fused-ring (bicyclic) bond motifs is 1. The zero-order valence-electron chi connectivity index (χ0n) is 17.7. The molecule has 3 aliphatic heterocycles. The lowest BCUT2D eigenvalue weighted by Crippen LogP contribution is -2.29. The van der Waals surface area contributed by atoms with Crippen LogP contribution in [0.15, 0.2) is 41.5 Å². The van der Waals surface area contributed by atoms with Gasteiger partial charge >= 0.3 is 0 Å². The van der Waals surface area contributed by atoms with Gasteiger partial charge in [-0.1, -0.05) is 24.8 Å². The molecule has 1 aromatic heterocycles. The number of methoxy groups -OCH3 is 2. The van der Waals surface area contributed by atoms with E-state index in [9.17, 15) is 0 Å². The third-order valence-electron chi connectivity index (χ3n) is 6.18. The molecule has 158 valence electrons. The molecule has 3 aliphatic rings. The van der Waals surface area contributed by atoms with Crippen molar-refractivity contribution in [2.24, 2.45) is 4.99 Å². The van der Waals surface area contributed by atoms with Crippen molar-refractivity contribution in [3.8, 4) is 11.5 Å². The summed E-state index contributed by atoms with van der Waals surface area (Å²) in [4.78, 5) is 14.5. The molecule has 0 N–H and O–H groups in total. The van der Waals surface area contributed by atoms with Gasteiger partial charge in [0.25, 0.3) is 0 Å². The summed E-state index contributed by atoms with van der Waals surface area (Å²) in [5.74, 6) is 1.80. The van der Waals surface area contributed by atoms with E-state index >= 15 is 0 Å². The topological polar surface area (TPSA) is 50.2 Å². The molecule has 30 heavy (non-hydrogen) atoms. The van der Waals surface area contributed by atoms with Crippen LogP contribution in [0.4, 0.5) is 5.69 Å². The molecule has 0 radical (unpaired) electrons. The molecule has 7 heteroatoms. The van der Waals surface area contributed by atoms with E-state index in [0.29, 0.717) is 5.25 Å². The first kappa shape index (κ1) is 19.5. The first-order valence-electron chi connectivity index (χ1n) is 10.6. The Morgan fingerprint density at radius 3 is 2.57 bits per heavy atom. The fraction of sp³-hybridized carbons (Fsp3) is 0.478. The van der Waals surface area contributed by atoms with Crippen LogP contribution in [0.25, 0.3) is 0 Å².